The summed E-state index contributed by atoms with van der Waals surface area (Å²) in [4.78, 5) is 6.85. The average Bonchev–Trinajstić information content (AvgIpc) is 2.92. The Balaban J connectivity index is 1.61. The van der Waals surface area contributed by atoms with Crippen LogP contribution in [0.3, 0.4) is 0 Å². The third-order valence-electron chi connectivity index (χ3n) is 4.93. The lowest BCUT2D eigenvalue weighted by atomic mass is 9.97. The molecule has 21 heavy (non-hydrogen) atoms. The van der Waals surface area contributed by atoms with Gasteiger partial charge in [0.25, 0.3) is 0 Å². The summed E-state index contributed by atoms with van der Waals surface area (Å²) in [6.45, 7) is 2.81. The minimum atomic E-state index is -0.384. The molecule has 0 radical (unpaired) electrons. The Morgan fingerprint density at radius 2 is 2.10 bits per heavy atom. The SMILES string of the molecule is OC1c2ccccc2CCCC1N1CCn2ccnc2C1. The van der Waals surface area contributed by atoms with Crippen molar-refractivity contribution in [3.8, 4) is 0 Å². The van der Waals surface area contributed by atoms with Crippen LogP contribution in [0.15, 0.2) is 36.7 Å². The Labute approximate surface area is 125 Å². The molecule has 2 atom stereocenters. The third kappa shape index (κ3) is 2.28. The number of hydrogen-bond donors (Lipinski definition) is 1. The maximum atomic E-state index is 10.9. The van der Waals surface area contributed by atoms with Crippen LogP contribution >= 0.6 is 0 Å². The quantitative estimate of drug-likeness (QED) is 0.815. The van der Waals surface area contributed by atoms with Crippen molar-refractivity contribution in [3.63, 3.8) is 0 Å². The number of imidazole rings is 1. The van der Waals surface area contributed by atoms with Gasteiger partial charge < -0.3 is 9.67 Å². The molecule has 2 heterocycles. The Kier molecular flexibility index (Phi) is 3.28. The van der Waals surface area contributed by atoms with Gasteiger partial charge in [-0.1, -0.05) is 24.3 Å². The maximum Gasteiger partial charge on any atom is 0.122 e. The summed E-state index contributed by atoms with van der Waals surface area (Å²) in [6.07, 6.45) is 6.81. The zero-order valence-electron chi connectivity index (χ0n) is 12.2. The normalized spacial score (nSPS) is 26.0. The number of benzene rings is 1. The highest BCUT2D eigenvalue weighted by atomic mass is 16.3. The highest BCUT2D eigenvalue weighted by Crippen LogP contribution is 2.33. The number of fused-ring (bicyclic) bond motifs is 2. The van der Waals surface area contributed by atoms with Crippen LogP contribution in [0, 0.1) is 0 Å². The van der Waals surface area contributed by atoms with Crippen molar-refractivity contribution in [2.24, 2.45) is 0 Å². The molecule has 1 aromatic carbocycles. The number of aryl methyl sites for hydroxylation is 1. The largest absolute Gasteiger partial charge is 0.387 e. The highest BCUT2D eigenvalue weighted by Gasteiger charge is 2.32. The molecule has 4 heteroatoms. The Morgan fingerprint density at radius 1 is 1.19 bits per heavy atom. The first kappa shape index (κ1) is 13.0. The average molecular weight is 283 g/mol. The molecule has 4 nitrogen and oxygen atoms in total. The van der Waals surface area contributed by atoms with Crippen molar-refractivity contribution in [1.29, 1.82) is 0 Å². The van der Waals surface area contributed by atoms with Gasteiger partial charge in [0, 0.05) is 31.5 Å². The van der Waals surface area contributed by atoms with Crippen LogP contribution in [0.5, 0.6) is 0 Å². The van der Waals surface area contributed by atoms with E-state index in [1.165, 1.54) is 5.56 Å². The van der Waals surface area contributed by atoms with Crippen LogP contribution in [0.4, 0.5) is 0 Å². The predicted molar refractivity (Wildman–Crippen MR) is 80.8 cm³/mol. The van der Waals surface area contributed by atoms with Gasteiger partial charge in [-0.25, -0.2) is 4.98 Å². The second kappa shape index (κ2) is 5.28. The van der Waals surface area contributed by atoms with Crippen LogP contribution < -0.4 is 0 Å². The summed E-state index contributed by atoms with van der Waals surface area (Å²) in [5.41, 5.74) is 2.43. The molecule has 0 saturated carbocycles. The predicted octanol–water partition coefficient (Wildman–Crippen LogP) is 2.14. The van der Waals surface area contributed by atoms with Crippen LogP contribution in [-0.4, -0.2) is 32.1 Å². The molecule has 0 saturated heterocycles. The molecule has 2 aromatic rings. The lowest BCUT2D eigenvalue weighted by Gasteiger charge is -2.37. The highest BCUT2D eigenvalue weighted by molar-refractivity contribution is 5.31. The van der Waals surface area contributed by atoms with E-state index < -0.39 is 0 Å². The summed E-state index contributed by atoms with van der Waals surface area (Å²) in [5, 5.41) is 10.9. The lowest BCUT2D eigenvalue weighted by Crippen LogP contribution is -2.44. The van der Waals surface area contributed by atoms with Crippen molar-refractivity contribution >= 4 is 0 Å². The summed E-state index contributed by atoms with van der Waals surface area (Å²) in [5.74, 6) is 1.12. The van der Waals surface area contributed by atoms with E-state index in [9.17, 15) is 5.11 Å². The van der Waals surface area contributed by atoms with Crippen LogP contribution in [0.1, 0.15) is 35.9 Å². The molecule has 1 aliphatic heterocycles. The molecule has 0 bridgehead atoms. The van der Waals surface area contributed by atoms with Gasteiger partial charge in [-0.2, -0.15) is 0 Å². The van der Waals surface area contributed by atoms with Crippen molar-refractivity contribution in [2.45, 2.75) is 44.5 Å². The third-order valence-corrected chi connectivity index (χ3v) is 4.93. The summed E-state index contributed by atoms with van der Waals surface area (Å²) >= 11 is 0. The van der Waals surface area contributed by atoms with E-state index in [0.717, 1.165) is 50.3 Å². The second-order valence-corrected chi connectivity index (χ2v) is 6.11. The minimum absolute atomic E-state index is 0.207. The molecule has 0 fully saturated rings. The molecule has 0 amide bonds. The molecule has 0 spiro atoms. The molecule has 2 aliphatic rings. The number of rotatable bonds is 1. The van der Waals surface area contributed by atoms with E-state index in [0.29, 0.717) is 0 Å². The molecule has 2 unspecified atom stereocenters. The zero-order valence-corrected chi connectivity index (χ0v) is 12.2. The molecule has 1 N–H and O–H groups in total. The molecular formula is C17H21N3O. The van der Waals surface area contributed by atoms with E-state index in [1.54, 1.807) is 0 Å². The van der Waals surface area contributed by atoms with Gasteiger partial charge >= 0.3 is 0 Å². The smallest absolute Gasteiger partial charge is 0.122 e. The monoisotopic (exact) mass is 283 g/mol. The van der Waals surface area contributed by atoms with Gasteiger partial charge in [-0.3, -0.25) is 4.90 Å². The second-order valence-electron chi connectivity index (χ2n) is 6.11. The summed E-state index contributed by atoms with van der Waals surface area (Å²) < 4.78 is 2.22. The van der Waals surface area contributed by atoms with Crippen molar-refractivity contribution in [3.05, 3.63) is 53.6 Å². The fourth-order valence-electron chi connectivity index (χ4n) is 3.77. The van der Waals surface area contributed by atoms with Gasteiger partial charge in [0.15, 0.2) is 0 Å². The molecule has 1 aliphatic carbocycles. The number of aliphatic hydroxyl groups is 1. The first-order valence-corrected chi connectivity index (χ1v) is 7.83. The fraction of sp³-hybridized carbons (Fsp3) is 0.471. The first-order chi connectivity index (χ1) is 10.3. The minimum Gasteiger partial charge on any atom is -0.387 e. The van der Waals surface area contributed by atoms with E-state index in [2.05, 4.69) is 32.7 Å². The van der Waals surface area contributed by atoms with Gasteiger partial charge in [-0.15, -0.1) is 0 Å². The lowest BCUT2D eigenvalue weighted by molar-refractivity contribution is 0.0287. The standard InChI is InChI=1S/C17H21N3O/c21-17-14-6-2-1-4-13(14)5-3-7-15(17)20-11-10-19-9-8-18-16(19)12-20/h1-2,4,6,8-9,15,17,21H,3,5,7,10-12H2. The van der Waals surface area contributed by atoms with Crippen LogP contribution in [0.2, 0.25) is 0 Å². The summed E-state index contributed by atoms with van der Waals surface area (Å²) in [6, 6.07) is 8.56. The summed E-state index contributed by atoms with van der Waals surface area (Å²) in [7, 11) is 0. The Bertz CT molecular complexity index is 636. The van der Waals surface area contributed by atoms with Crippen LogP contribution in [-0.2, 0) is 19.5 Å². The molecule has 110 valence electrons. The number of aliphatic hydroxyl groups excluding tert-OH is 1. The van der Waals surface area contributed by atoms with E-state index in [1.807, 2.05) is 18.5 Å². The van der Waals surface area contributed by atoms with Gasteiger partial charge in [-0.05, 0) is 30.4 Å². The topological polar surface area (TPSA) is 41.3 Å². The van der Waals surface area contributed by atoms with Gasteiger partial charge in [0.05, 0.1) is 12.6 Å². The fourth-order valence-corrected chi connectivity index (χ4v) is 3.77. The molecular weight excluding hydrogens is 262 g/mol. The Morgan fingerprint density at radius 3 is 3.05 bits per heavy atom. The molecule has 4 rings (SSSR count). The van der Waals surface area contributed by atoms with Gasteiger partial charge in [0.2, 0.25) is 0 Å². The van der Waals surface area contributed by atoms with Crippen LogP contribution in [0.25, 0.3) is 0 Å². The van der Waals surface area contributed by atoms with Crippen molar-refractivity contribution < 1.29 is 5.11 Å². The number of aromatic nitrogens is 2. The maximum absolute atomic E-state index is 10.9. The van der Waals surface area contributed by atoms with E-state index >= 15 is 0 Å². The zero-order chi connectivity index (χ0) is 14.2. The van der Waals surface area contributed by atoms with Crippen molar-refractivity contribution in [2.75, 3.05) is 6.54 Å². The van der Waals surface area contributed by atoms with Gasteiger partial charge in [0.1, 0.15) is 5.82 Å². The first-order valence-electron chi connectivity index (χ1n) is 7.83. The Hall–Kier alpha value is -1.65. The van der Waals surface area contributed by atoms with E-state index in [4.69, 9.17) is 0 Å². The number of hydrogen-bond acceptors (Lipinski definition) is 3. The molecule has 1 aromatic heterocycles. The van der Waals surface area contributed by atoms with E-state index in [-0.39, 0.29) is 12.1 Å². The van der Waals surface area contributed by atoms with Crippen molar-refractivity contribution in [1.82, 2.24) is 14.5 Å². The number of nitrogens with zero attached hydrogens (tertiary/aromatic N) is 3.